The lowest BCUT2D eigenvalue weighted by Crippen LogP contribution is -2.39. The average molecular weight is 191 g/mol. The Labute approximate surface area is 83.3 Å². The minimum atomic E-state index is -0.139. The topological polar surface area (TPSA) is 29.5 Å². The van der Waals surface area contributed by atoms with Crippen molar-refractivity contribution in [3.63, 3.8) is 0 Å². The summed E-state index contributed by atoms with van der Waals surface area (Å²) >= 11 is 0. The van der Waals surface area contributed by atoms with Gasteiger partial charge in [0, 0.05) is 0 Å². The first-order valence-corrected chi connectivity index (χ1v) is 4.68. The lowest BCUT2D eigenvalue weighted by atomic mass is 10.1. The number of carbonyl (C=O) groups excluding carboxylic acids is 1. The Hall–Kier alpha value is -1.35. The van der Waals surface area contributed by atoms with Crippen molar-refractivity contribution in [2.75, 3.05) is 20.2 Å². The molecule has 3 heteroatoms. The highest BCUT2D eigenvalue weighted by Crippen LogP contribution is 2.22. The van der Waals surface area contributed by atoms with Crippen LogP contribution >= 0.6 is 0 Å². The van der Waals surface area contributed by atoms with Gasteiger partial charge in [0.25, 0.3) is 0 Å². The fourth-order valence-electron chi connectivity index (χ4n) is 1.68. The summed E-state index contributed by atoms with van der Waals surface area (Å²) in [6.45, 7) is 0.832. The van der Waals surface area contributed by atoms with Crippen molar-refractivity contribution >= 4 is 5.97 Å². The number of carbonyl (C=O) groups is 1. The van der Waals surface area contributed by atoms with E-state index in [0.717, 1.165) is 0 Å². The van der Waals surface area contributed by atoms with E-state index in [0.29, 0.717) is 13.2 Å². The van der Waals surface area contributed by atoms with Gasteiger partial charge in [0.2, 0.25) is 0 Å². The molecule has 14 heavy (non-hydrogen) atoms. The third-order valence-corrected chi connectivity index (χ3v) is 2.50. The Morgan fingerprint density at radius 3 is 2.71 bits per heavy atom. The SMILES string of the molecule is CN1CC(=O)OCC1c1ccccc1. The van der Waals surface area contributed by atoms with E-state index < -0.39 is 0 Å². The molecule has 0 bridgehead atoms. The van der Waals surface area contributed by atoms with Crippen LogP contribution in [0.5, 0.6) is 0 Å². The van der Waals surface area contributed by atoms with E-state index in [1.807, 2.05) is 30.1 Å². The van der Waals surface area contributed by atoms with E-state index in [9.17, 15) is 4.79 Å². The van der Waals surface area contributed by atoms with E-state index >= 15 is 0 Å². The molecule has 1 aromatic rings. The van der Waals surface area contributed by atoms with Crippen molar-refractivity contribution in [1.29, 1.82) is 0 Å². The second-order valence-corrected chi connectivity index (χ2v) is 3.52. The zero-order chi connectivity index (χ0) is 9.97. The van der Waals surface area contributed by atoms with Gasteiger partial charge >= 0.3 is 5.97 Å². The van der Waals surface area contributed by atoms with Crippen molar-refractivity contribution in [2.45, 2.75) is 6.04 Å². The molecule has 1 aromatic carbocycles. The van der Waals surface area contributed by atoms with E-state index in [1.54, 1.807) is 0 Å². The van der Waals surface area contributed by atoms with Crippen LogP contribution in [0.2, 0.25) is 0 Å². The van der Waals surface area contributed by atoms with Crippen LogP contribution in [0.15, 0.2) is 30.3 Å². The molecule has 2 rings (SSSR count). The highest BCUT2D eigenvalue weighted by atomic mass is 16.5. The number of esters is 1. The molecule has 0 aromatic heterocycles. The molecule has 0 radical (unpaired) electrons. The smallest absolute Gasteiger partial charge is 0.320 e. The number of cyclic esters (lactones) is 1. The van der Waals surface area contributed by atoms with E-state index in [4.69, 9.17) is 4.74 Å². The lowest BCUT2D eigenvalue weighted by Gasteiger charge is -2.31. The summed E-state index contributed by atoms with van der Waals surface area (Å²) in [4.78, 5) is 13.0. The Morgan fingerprint density at radius 2 is 2.07 bits per heavy atom. The van der Waals surface area contributed by atoms with Crippen LogP contribution in [0.1, 0.15) is 11.6 Å². The molecule has 0 amide bonds. The molecule has 1 aliphatic rings. The third kappa shape index (κ3) is 1.77. The molecular weight excluding hydrogens is 178 g/mol. The molecule has 0 aliphatic carbocycles. The van der Waals surface area contributed by atoms with E-state index in [2.05, 4.69) is 12.1 Å². The molecule has 3 nitrogen and oxygen atoms in total. The highest BCUT2D eigenvalue weighted by Gasteiger charge is 2.25. The van der Waals surface area contributed by atoms with Crippen LogP contribution in [0.3, 0.4) is 0 Å². The number of hydrogen-bond acceptors (Lipinski definition) is 3. The normalized spacial score (nSPS) is 23.2. The molecule has 1 saturated heterocycles. The molecule has 0 N–H and O–H groups in total. The van der Waals surface area contributed by atoms with Crippen LogP contribution < -0.4 is 0 Å². The van der Waals surface area contributed by atoms with Crippen molar-refractivity contribution in [3.05, 3.63) is 35.9 Å². The number of ether oxygens (including phenoxy) is 1. The Balaban J connectivity index is 2.16. The largest absolute Gasteiger partial charge is 0.463 e. The minimum absolute atomic E-state index is 0.139. The van der Waals surface area contributed by atoms with E-state index in [1.165, 1.54) is 5.56 Å². The van der Waals surface area contributed by atoms with Gasteiger partial charge in [-0.2, -0.15) is 0 Å². The van der Waals surface area contributed by atoms with Crippen LogP contribution in [0, 0.1) is 0 Å². The maximum absolute atomic E-state index is 11.0. The Morgan fingerprint density at radius 1 is 1.36 bits per heavy atom. The molecule has 0 saturated carbocycles. The second kappa shape index (κ2) is 3.80. The summed E-state index contributed by atoms with van der Waals surface area (Å²) in [6, 6.07) is 10.3. The molecule has 1 unspecified atom stereocenters. The predicted molar refractivity (Wildman–Crippen MR) is 52.8 cm³/mol. The van der Waals surface area contributed by atoms with Gasteiger partial charge in [0.1, 0.15) is 6.61 Å². The van der Waals surface area contributed by atoms with Gasteiger partial charge in [-0.15, -0.1) is 0 Å². The maximum atomic E-state index is 11.0. The molecule has 1 aliphatic heterocycles. The van der Waals surface area contributed by atoms with Crippen LogP contribution in [0.4, 0.5) is 0 Å². The van der Waals surface area contributed by atoms with Gasteiger partial charge in [-0.05, 0) is 12.6 Å². The van der Waals surface area contributed by atoms with Crippen LogP contribution in [-0.2, 0) is 9.53 Å². The van der Waals surface area contributed by atoms with Crippen molar-refractivity contribution < 1.29 is 9.53 Å². The average Bonchev–Trinajstić information content (AvgIpc) is 2.19. The molecule has 74 valence electrons. The monoisotopic (exact) mass is 191 g/mol. The van der Waals surface area contributed by atoms with Gasteiger partial charge < -0.3 is 4.74 Å². The highest BCUT2D eigenvalue weighted by molar-refractivity contribution is 5.72. The first-order chi connectivity index (χ1) is 6.77. The number of hydrogen-bond donors (Lipinski definition) is 0. The number of morpholine rings is 1. The van der Waals surface area contributed by atoms with Crippen molar-refractivity contribution in [2.24, 2.45) is 0 Å². The standard InChI is InChI=1S/C11H13NO2/c1-12-7-11(13)14-8-10(12)9-5-3-2-4-6-9/h2-6,10H,7-8H2,1H3. The van der Waals surface area contributed by atoms with Gasteiger partial charge in [-0.1, -0.05) is 30.3 Å². The predicted octanol–water partition coefficient (Wildman–Crippen LogP) is 1.22. The van der Waals surface area contributed by atoms with Crippen molar-refractivity contribution in [3.8, 4) is 0 Å². The zero-order valence-corrected chi connectivity index (χ0v) is 8.14. The Kier molecular flexibility index (Phi) is 2.50. The van der Waals surface area contributed by atoms with Gasteiger partial charge in [-0.3, -0.25) is 9.69 Å². The van der Waals surface area contributed by atoms with Gasteiger partial charge in [-0.25, -0.2) is 0 Å². The quantitative estimate of drug-likeness (QED) is 0.625. The number of benzene rings is 1. The molecular formula is C11H13NO2. The van der Waals surface area contributed by atoms with Crippen molar-refractivity contribution in [1.82, 2.24) is 4.90 Å². The summed E-state index contributed by atoms with van der Waals surface area (Å²) in [6.07, 6.45) is 0. The first-order valence-electron chi connectivity index (χ1n) is 4.68. The van der Waals surface area contributed by atoms with Gasteiger partial charge in [0.05, 0.1) is 12.6 Å². The molecule has 1 atom stereocenters. The molecule has 1 heterocycles. The summed E-state index contributed by atoms with van der Waals surface area (Å²) < 4.78 is 5.03. The van der Waals surface area contributed by atoms with Crippen LogP contribution in [0.25, 0.3) is 0 Å². The number of nitrogens with zero attached hydrogens (tertiary/aromatic N) is 1. The zero-order valence-electron chi connectivity index (χ0n) is 8.14. The third-order valence-electron chi connectivity index (χ3n) is 2.50. The second-order valence-electron chi connectivity index (χ2n) is 3.52. The number of rotatable bonds is 1. The summed E-state index contributed by atoms with van der Waals surface area (Å²) in [5.41, 5.74) is 1.20. The summed E-state index contributed by atoms with van der Waals surface area (Å²) in [5, 5.41) is 0. The minimum Gasteiger partial charge on any atom is -0.463 e. The van der Waals surface area contributed by atoms with Gasteiger partial charge in [0.15, 0.2) is 0 Å². The molecule has 0 spiro atoms. The fourth-order valence-corrected chi connectivity index (χ4v) is 1.68. The lowest BCUT2D eigenvalue weighted by molar-refractivity contribution is -0.153. The summed E-state index contributed by atoms with van der Waals surface area (Å²) in [5.74, 6) is -0.139. The fraction of sp³-hybridized carbons (Fsp3) is 0.364. The Bertz CT molecular complexity index is 323. The van der Waals surface area contributed by atoms with E-state index in [-0.39, 0.29) is 12.0 Å². The maximum Gasteiger partial charge on any atom is 0.320 e. The number of likely N-dealkylation sites (N-methyl/N-ethyl adjacent to an activating group) is 1. The molecule has 1 fully saturated rings. The summed E-state index contributed by atoms with van der Waals surface area (Å²) in [7, 11) is 1.94. The van der Waals surface area contributed by atoms with Crippen LogP contribution in [-0.4, -0.2) is 31.1 Å². The first kappa shape index (κ1) is 9.21.